The van der Waals surface area contributed by atoms with Crippen LogP contribution in [0.15, 0.2) is 29.2 Å². The van der Waals surface area contributed by atoms with Crippen molar-refractivity contribution in [1.82, 2.24) is 5.32 Å². The van der Waals surface area contributed by atoms with E-state index in [1.54, 1.807) is 18.2 Å². The zero-order valence-corrected chi connectivity index (χ0v) is 7.56. The van der Waals surface area contributed by atoms with E-state index in [4.69, 9.17) is 0 Å². The van der Waals surface area contributed by atoms with Crippen molar-refractivity contribution in [3.05, 3.63) is 29.8 Å². The van der Waals surface area contributed by atoms with Crippen LogP contribution >= 0.6 is 0 Å². The molecule has 1 rings (SSSR count). The maximum absolute atomic E-state index is 10.5. The number of rotatable bonds is 3. The Labute approximate surface area is 74.1 Å². The second-order valence-electron chi connectivity index (χ2n) is 2.41. The summed E-state index contributed by atoms with van der Waals surface area (Å²) >= 11 is -2.12. The standard InChI is InChI=1S/C8H11NO2S/c1-9-6-7-3-2-4-8(5-7)12(10)11/h2-5,9H,6H2,1H3,(H,10,11)/p-1. The lowest BCUT2D eigenvalue weighted by Crippen LogP contribution is -2.05. The minimum absolute atomic E-state index is 0.336. The van der Waals surface area contributed by atoms with Crippen molar-refractivity contribution < 1.29 is 8.76 Å². The molecule has 0 saturated heterocycles. The lowest BCUT2D eigenvalue weighted by molar-refractivity contribution is 0.537. The molecule has 0 aromatic heterocycles. The summed E-state index contributed by atoms with van der Waals surface area (Å²) in [6.07, 6.45) is 0. The van der Waals surface area contributed by atoms with Crippen LogP contribution in [0.5, 0.6) is 0 Å². The Morgan fingerprint density at radius 2 is 2.33 bits per heavy atom. The topological polar surface area (TPSA) is 52.2 Å². The van der Waals surface area contributed by atoms with Gasteiger partial charge in [-0.2, -0.15) is 0 Å². The highest BCUT2D eigenvalue weighted by Crippen LogP contribution is 2.07. The van der Waals surface area contributed by atoms with Crippen molar-refractivity contribution in [2.45, 2.75) is 11.4 Å². The molecule has 0 fully saturated rings. The molecule has 1 unspecified atom stereocenters. The minimum Gasteiger partial charge on any atom is -0.768 e. The maximum Gasteiger partial charge on any atom is 0.0251 e. The van der Waals surface area contributed by atoms with E-state index in [1.165, 1.54) is 0 Å². The molecule has 0 spiro atoms. The third kappa shape index (κ3) is 2.41. The first-order valence-electron chi connectivity index (χ1n) is 3.57. The van der Waals surface area contributed by atoms with Crippen LogP contribution in [0.4, 0.5) is 0 Å². The Kier molecular flexibility index (Phi) is 3.40. The van der Waals surface area contributed by atoms with Gasteiger partial charge in [0.05, 0.1) is 0 Å². The molecule has 4 heteroatoms. The number of hydrogen-bond acceptors (Lipinski definition) is 3. The largest absolute Gasteiger partial charge is 0.768 e. The monoisotopic (exact) mass is 184 g/mol. The number of benzene rings is 1. The van der Waals surface area contributed by atoms with Crippen LogP contribution in [0, 0.1) is 0 Å². The van der Waals surface area contributed by atoms with Crippen molar-refractivity contribution in [3.63, 3.8) is 0 Å². The molecule has 66 valence electrons. The van der Waals surface area contributed by atoms with E-state index in [9.17, 15) is 8.76 Å². The summed E-state index contributed by atoms with van der Waals surface area (Å²) in [5, 5.41) is 2.95. The lowest BCUT2D eigenvalue weighted by Gasteiger charge is -2.06. The van der Waals surface area contributed by atoms with Crippen molar-refractivity contribution in [1.29, 1.82) is 0 Å². The van der Waals surface area contributed by atoms with Gasteiger partial charge in [0.2, 0.25) is 0 Å². The van der Waals surface area contributed by atoms with Crippen molar-refractivity contribution >= 4 is 11.1 Å². The van der Waals surface area contributed by atoms with Crippen LogP contribution in [-0.2, 0) is 17.6 Å². The Hall–Kier alpha value is -0.710. The van der Waals surface area contributed by atoms with Gasteiger partial charge in [0.1, 0.15) is 0 Å². The lowest BCUT2D eigenvalue weighted by atomic mass is 10.2. The van der Waals surface area contributed by atoms with Crippen molar-refractivity contribution in [2.75, 3.05) is 7.05 Å². The molecule has 1 N–H and O–H groups in total. The number of hydrogen-bond donors (Lipinski definition) is 1. The molecular weight excluding hydrogens is 174 g/mol. The second-order valence-corrected chi connectivity index (χ2v) is 3.35. The average Bonchev–Trinajstić information content (AvgIpc) is 2.05. The average molecular weight is 184 g/mol. The summed E-state index contributed by atoms with van der Waals surface area (Å²) in [7, 11) is 1.82. The maximum atomic E-state index is 10.5. The predicted molar refractivity (Wildman–Crippen MR) is 46.4 cm³/mol. The van der Waals surface area contributed by atoms with E-state index in [0.29, 0.717) is 11.4 Å². The van der Waals surface area contributed by atoms with Gasteiger partial charge < -0.3 is 9.87 Å². The fourth-order valence-corrected chi connectivity index (χ4v) is 1.40. The SMILES string of the molecule is CNCc1cccc(S(=O)[O-])c1. The molecule has 0 bridgehead atoms. The Morgan fingerprint density at radius 1 is 1.58 bits per heavy atom. The summed E-state index contributed by atoms with van der Waals surface area (Å²) in [5.74, 6) is 0. The van der Waals surface area contributed by atoms with Crippen LogP contribution in [-0.4, -0.2) is 15.8 Å². The smallest absolute Gasteiger partial charge is 0.0251 e. The molecular formula is C8H10NO2S-. The van der Waals surface area contributed by atoms with Gasteiger partial charge in [-0.15, -0.1) is 0 Å². The molecule has 0 aliphatic rings. The zero-order valence-electron chi connectivity index (χ0n) is 6.74. The third-order valence-electron chi connectivity index (χ3n) is 1.47. The Morgan fingerprint density at radius 3 is 2.92 bits per heavy atom. The van der Waals surface area contributed by atoms with Gasteiger partial charge in [-0.25, -0.2) is 0 Å². The van der Waals surface area contributed by atoms with Gasteiger partial charge in [0.15, 0.2) is 0 Å². The summed E-state index contributed by atoms with van der Waals surface area (Å²) in [6, 6.07) is 6.84. The van der Waals surface area contributed by atoms with Gasteiger partial charge in [0.25, 0.3) is 0 Å². The molecule has 0 aliphatic heterocycles. The molecule has 3 nitrogen and oxygen atoms in total. The van der Waals surface area contributed by atoms with E-state index in [0.717, 1.165) is 5.56 Å². The predicted octanol–water partition coefficient (Wildman–Crippen LogP) is 0.644. The fraction of sp³-hybridized carbons (Fsp3) is 0.250. The van der Waals surface area contributed by atoms with Gasteiger partial charge in [-0.3, -0.25) is 4.21 Å². The van der Waals surface area contributed by atoms with Crippen LogP contribution in [0.3, 0.4) is 0 Å². The number of nitrogens with one attached hydrogen (secondary N) is 1. The Balaban J connectivity index is 2.88. The van der Waals surface area contributed by atoms with E-state index < -0.39 is 11.1 Å². The first-order valence-corrected chi connectivity index (χ1v) is 4.64. The zero-order chi connectivity index (χ0) is 8.97. The molecule has 0 radical (unpaired) electrons. The third-order valence-corrected chi connectivity index (χ3v) is 2.11. The van der Waals surface area contributed by atoms with Crippen molar-refractivity contribution in [3.8, 4) is 0 Å². The van der Waals surface area contributed by atoms with Crippen LogP contribution < -0.4 is 5.32 Å². The van der Waals surface area contributed by atoms with Gasteiger partial charge >= 0.3 is 0 Å². The summed E-state index contributed by atoms with van der Waals surface area (Å²) in [6.45, 7) is 0.686. The van der Waals surface area contributed by atoms with Crippen LogP contribution in [0.25, 0.3) is 0 Å². The van der Waals surface area contributed by atoms with Gasteiger partial charge in [0, 0.05) is 11.4 Å². The highest BCUT2D eigenvalue weighted by atomic mass is 32.2. The molecule has 0 aliphatic carbocycles. The van der Waals surface area contributed by atoms with Crippen molar-refractivity contribution in [2.24, 2.45) is 0 Å². The minimum atomic E-state index is -2.12. The highest BCUT2D eigenvalue weighted by Gasteiger charge is 1.93. The van der Waals surface area contributed by atoms with E-state index in [1.807, 2.05) is 13.1 Å². The summed E-state index contributed by atoms with van der Waals surface area (Å²) in [5.41, 5.74) is 0.971. The molecule has 0 heterocycles. The van der Waals surface area contributed by atoms with E-state index >= 15 is 0 Å². The highest BCUT2D eigenvalue weighted by molar-refractivity contribution is 7.79. The van der Waals surface area contributed by atoms with E-state index in [2.05, 4.69) is 5.32 Å². The summed E-state index contributed by atoms with van der Waals surface area (Å²) in [4.78, 5) is 0.336. The van der Waals surface area contributed by atoms with E-state index in [-0.39, 0.29) is 0 Å². The first-order chi connectivity index (χ1) is 5.74. The molecule has 12 heavy (non-hydrogen) atoms. The molecule has 1 aromatic carbocycles. The fourth-order valence-electron chi connectivity index (χ4n) is 0.963. The second kappa shape index (κ2) is 4.35. The van der Waals surface area contributed by atoms with Crippen LogP contribution in [0.2, 0.25) is 0 Å². The Bertz CT molecular complexity index is 288. The quantitative estimate of drug-likeness (QED) is 0.701. The first kappa shape index (κ1) is 9.38. The van der Waals surface area contributed by atoms with Gasteiger partial charge in [-0.05, 0) is 35.8 Å². The van der Waals surface area contributed by atoms with Gasteiger partial charge in [-0.1, -0.05) is 12.1 Å². The normalized spacial score (nSPS) is 12.8. The molecule has 1 atom stereocenters. The molecule has 1 aromatic rings. The molecule has 0 saturated carbocycles. The van der Waals surface area contributed by atoms with Crippen LogP contribution in [0.1, 0.15) is 5.56 Å². The summed E-state index contributed by atoms with van der Waals surface area (Å²) < 4.78 is 21.1. The molecule has 0 amide bonds.